The van der Waals surface area contributed by atoms with Crippen LogP contribution in [0.4, 0.5) is 14.6 Å². The van der Waals surface area contributed by atoms with Crippen molar-refractivity contribution < 1.29 is 18.3 Å². The summed E-state index contributed by atoms with van der Waals surface area (Å²) in [5.41, 5.74) is 0.679. The number of halogens is 3. The predicted molar refractivity (Wildman–Crippen MR) is 118 cm³/mol. The van der Waals surface area contributed by atoms with E-state index in [9.17, 15) is 13.6 Å². The summed E-state index contributed by atoms with van der Waals surface area (Å²) in [6, 6.07) is 8.77. The van der Waals surface area contributed by atoms with Crippen molar-refractivity contribution in [3.8, 4) is 17.4 Å². The van der Waals surface area contributed by atoms with Gasteiger partial charge in [-0.05, 0) is 67.1 Å². The molecule has 170 valence electrons. The number of fused-ring (bicyclic) bond motifs is 1. The van der Waals surface area contributed by atoms with Gasteiger partial charge in [0, 0.05) is 17.6 Å². The zero-order valence-electron chi connectivity index (χ0n) is 17.8. The van der Waals surface area contributed by atoms with Crippen LogP contribution in [0, 0.1) is 24.5 Å². The normalized spacial score (nSPS) is 22.1. The molecular formula is C24H20ClF2N3O3. The smallest absolute Gasteiger partial charge is 0.352 e. The summed E-state index contributed by atoms with van der Waals surface area (Å²) in [5, 5.41) is 0.535. The zero-order valence-corrected chi connectivity index (χ0v) is 18.5. The molecule has 2 aromatic carbocycles. The van der Waals surface area contributed by atoms with Gasteiger partial charge in [-0.3, -0.25) is 4.57 Å². The number of hydrogen-bond acceptors (Lipinski definition) is 5. The van der Waals surface area contributed by atoms with Crippen molar-refractivity contribution >= 4 is 17.4 Å². The Kier molecular flexibility index (Phi) is 4.46. The molecule has 0 radical (unpaired) electrons. The molecule has 3 aromatic rings. The second-order valence-electron chi connectivity index (χ2n) is 9.12. The van der Waals surface area contributed by atoms with E-state index in [4.69, 9.17) is 21.1 Å². The van der Waals surface area contributed by atoms with Crippen molar-refractivity contribution in [2.75, 3.05) is 11.4 Å². The largest absolute Gasteiger partial charge is 0.473 e. The number of hydrogen-bond donors (Lipinski definition) is 0. The van der Waals surface area contributed by atoms with Crippen molar-refractivity contribution in [3.05, 3.63) is 74.7 Å². The fourth-order valence-corrected chi connectivity index (χ4v) is 5.45. The molecule has 0 N–H and O–H groups in total. The summed E-state index contributed by atoms with van der Waals surface area (Å²) < 4.78 is 42.0. The van der Waals surface area contributed by atoms with Crippen molar-refractivity contribution in [3.63, 3.8) is 0 Å². The highest BCUT2D eigenvalue weighted by molar-refractivity contribution is 6.31. The lowest BCUT2D eigenvalue weighted by Gasteiger charge is -2.37. The first-order valence-corrected chi connectivity index (χ1v) is 11.1. The van der Waals surface area contributed by atoms with Gasteiger partial charge in [0.1, 0.15) is 18.2 Å². The zero-order chi connectivity index (χ0) is 22.9. The third kappa shape index (κ3) is 3.27. The van der Waals surface area contributed by atoms with E-state index in [2.05, 4.69) is 9.88 Å². The number of ether oxygens (including phenoxy) is 2. The van der Waals surface area contributed by atoms with Crippen LogP contribution < -0.4 is 20.1 Å². The maximum Gasteiger partial charge on any atom is 0.352 e. The topological polar surface area (TPSA) is 56.6 Å². The minimum absolute atomic E-state index is 0.0574. The average molecular weight is 472 g/mol. The molecule has 4 aliphatic rings. The summed E-state index contributed by atoms with van der Waals surface area (Å²) in [4.78, 5) is 18.8. The van der Waals surface area contributed by atoms with Gasteiger partial charge in [-0.25, -0.2) is 13.6 Å². The Bertz CT molecular complexity index is 1330. The Morgan fingerprint density at radius 3 is 2.67 bits per heavy atom. The summed E-state index contributed by atoms with van der Waals surface area (Å²) in [6.45, 7) is 3.23. The molecule has 1 spiro atoms. The van der Waals surface area contributed by atoms with Gasteiger partial charge >= 0.3 is 5.69 Å². The maximum absolute atomic E-state index is 14.6. The van der Waals surface area contributed by atoms with E-state index in [1.54, 1.807) is 29.7 Å². The molecule has 2 saturated heterocycles. The number of aryl methyl sites for hydroxylation is 1. The standard InChI is InChI=1S/C24H20ClF2N3O3/c1-13-4-16(2-3-17(13)25)33-22-18(26)5-14(6-19(22)27)11-32-20-7-21-29(23(31)28-20)12-24-8-15(9-24)10-30(21)24/h2-7,15H,8-12H2,1H3. The molecule has 1 saturated carbocycles. The molecule has 0 atom stereocenters. The molecule has 2 bridgehead atoms. The van der Waals surface area contributed by atoms with E-state index in [0.717, 1.165) is 42.9 Å². The van der Waals surface area contributed by atoms with E-state index in [-0.39, 0.29) is 35.0 Å². The molecule has 33 heavy (non-hydrogen) atoms. The third-order valence-electron chi connectivity index (χ3n) is 6.84. The molecule has 7 rings (SSSR count). The van der Waals surface area contributed by atoms with Crippen LogP contribution in [-0.2, 0) is 13.2 Å². The quantitative estimate of drug-likeness (QED) is 0.533. The van der Waals surface area contributed by atoms with Gasteiger partial charge in [0.2, 0.25) is 5.88 Å². The molecule has 4 heterocycles. The summed E-state index contributed by atoms with van der Waals surface area (Å²) >= 11 is 5.98. The fraction of sp³-hybridized carbons (Fsp3) is 0.333. The van der Waals surface area contributed by atoms with E-state index in [0.29, 0.717) is 17.5 Å². The molecule has 1 aromatic heterocycles. The van der Waals surface area contributed by atoms with Gasteiger partial charge in [-0.1, -0.05) is 11.6 Å². The van der Waals surface area contributed by atoms with Gasteiger partial charge in [0.25, 0.3) is 0 Å². The van der Waals surface area contributed by atoms with E-state index in [1.165, 1.54) is 6.07 Å². The lowest BCUT2D eigenvalue weighted by Crippen LogP contribution is -2.44. The Labute approximate surface area is 193 Å². The van der Waals surface area contributed by atoms with Crippen molar-refractivity contribution in [1.82, 2.24) is 9.55 Å². The molecule has 3 aliphatic heterocycles. The number of anilines is 1. The molecular weight excluding hydrogens is 452 g/mol. The third-order valence-corrected chi connectivity index (χ3v) is 7.26. The number of aromatic nitrogens is 2. The molecule has 9 heteroatoms. The minimum atomic E-state index is -0.859. The highest BCUT2D eigenvalue weighted by Gasteiger charge is 2.60. The summed E-state index contributed by atoms with van der Waals surface area (Å²) in [5.74, 6) is -0.305. The van der Waals surface area contributed by atoms with Crippen LogP contribution in [-0.4, -0.2) is 21.6 Å². The van der Waals surface area contributed by atoms with Crippen LogP contribution in [0.25, 0.3) is 0 Å². The van der Waals surface area contributed by atoms with Crippen LogP contribution in [0.15, 0.2) is 41.2 Å². The van der Waals surface area contributed by atoms with Crippen molar-refractivity contribution in [2.24, 2.45) is 5.92 Å². The molecule has 3 fully saturated rings. The average Bonchev–Trinajstić information content (AvgIpc) is 3.38. The monoisotopic (exact) mass is 471 g/mol. The number of benzene rings is 2. The first kappa shape index (κ1) is 20.5. The van der Waals surface area contributed by atoms with E-state index in [1.807, 2.05) is 0 Å². The van der Waals surface area contributed by atoms with Gasteiger partial charge < -0.3 is 14.4 Å². The Morgan fingerprint density at radius 2 is 1.94 bits per heavy atom. The van der Waals surface area contributed by atoms with E-state index < -0.39 is 17.4 Å². The fourth-order valence-electron chi connectivity index (χ4n) is 5.33. The van der Waals surface area contributed by atoms with Crippen LogP contribution in [0.1, 0.15) is 24.0 Å². The lowest BCUT2D eigenvalue weighted by molar-refractivity contribution is 0.229. The van der Waals surface area contributed by atoms with Crippen LogP contribution in [0.5, 0.6) is 17.4 Å². The van der Waals surface area contributed by atoms with Crippen molar-refractivity contribution in [2.45, 2.75) is 38.5 Å². The first-order valence-electron chi connectivity index (χ1n) is 10.8. The highest BCUT2D eigenvalue weighted by atomic mass is 35.5. The molecule has 0 amide bonds. The van der Waals surface area contributed by atoms with Gasteiger partial charge in [0.15, 0.2) is 17.4 Å². The van der Waals surface area contributed by atoms with Gasteiger partial charge in [-0.15, -0.1) is 0 Å². The lowest BCUT2D eigenvalue weighted by atomic mass is 9.74. The second-order valence-corrected chi connectivity index (χ2v) is 9.53. The van der Waals surface area contributed by atoms with Gasteiger partial charge in [0.05, 0.1) is 12.1 Å². The highest BCUT2D eigenvalue weighted by Crippen LogP contribution is 2.56. The van der Waals surface area contributed by atoms with Crippen molar-refractivity contribution in [1.29, 1.82) is 0 Å². The maximum atomic E-state index is 14.6. The van der Waals surface area contributed by atoms with Crippen LogP contribution in [0.3, 0.4) is 0 Å². The predicted octanol–water partition coefficient (Wildman–Crippen LogP) is 4.84. The number of rotatable bonds is 5. The minimum Gasteiger partial charge on any atom is -0.473 e. The Morgan fingerprint density at radius 1 is 1.18 bits per heavy atom. The van der Waals surface area contributed by atoms with Crippen LogP contribution in [0.2, 0.25) is 5.02 Å². The molecule has 1 aliphatic carbocycles. The summed E-state index contributed by atoms with van der Waals surface area (Å²) in [6.07, 6.45) is 2.21. The molecule has 6 nitrogen and oxygen atoms in total. The number of nitrogens with zero attached hydrogens (tertiary/aromatic N) is 3. The SMILES string of the molecule is Cc1cc(Oc2c(F)cc(COc3cc4n(c(=O)n3)CC35CC(CN43)C5)cc2F)ccc1Cl. The van der Waals surface area contributed by atoms with Crippen LogP contribution >= 0.6 is 11.6 Å². The van der Waals surface area contributed by atoms with Gasteiger partial charge in [-0.2, -0.15) is 4.98 Å². The second kappa shape index (κ2) is 7.18. The van der Waals surface area contributed by atoms with E-state index >= 15 is 0 Å². The summed E-state index contributed by atoms with van der Waals surface area (Å²) in [7, 11) is 0. The first-order chi connectivity index (χ1) is 15.8. The molecule has 0 unspecified atom stereocenters. The Balaban J connectivity index is 1.20. The Hall–Kier alpha value is -3.13.